The summed E-state index contributed by atoms with van der Waals surface area (Å²) in [5, 5.41) is 8.62. The summed E-state index contributed by atoms with van der Waals surface area (Å²) in [4.78, 5) is 0.253. The van der Waals surface area contributed by atoms with Gasteiger partial charge in [0.1, 0.15) is 6.61 Å². The van der Waals surface area contributed by atoms with Crippen molar-refractivity contribution in [3.63, 3.8) is 0 Å². The maximum atomic E-state index is 12.2. The van der Waals surface area contributed by atoms with Crippen molar-refractivity contribution in [1.82, 2.24) is 4.72 Å². The molecule has 0 amide bonds. The van der Waals surface area contributed by atoms with E-state index in [1.807, 2.05) is 0 Å². The molecule has 1 aromatic carbocycles. The average molecular weight is 307 g/mol. The van der Waals surface area contributed by atoms with Gasteiger partial charge in [0.25, 0.3) is 0 Å². The Morgan fingerprint density at radius 3 is 2.57 bits per heavy atom. The van der Waals surface area contributed by atoms with E-state index in [0.29, 0.717) is 23.9 Å². The van der Waals surface area contributed by atoms with Crippen LogP contribution in [0.25, 0.3) is 0 Å². The normalized spacial score (nSPS) is 21.8. The van der Waals surface area contributed by atoms with Gasteiger partial charge >= 0.3 is 0 Å². The second kappa shape index (κ2) is 7.08. The minimum atomic E-state index is -3.45. The molecule has 1 aliphatic rings. The van der Waals surface area contributed by atoms with Crippen LogP contribution in [0.1, 0.15) is 31.7 Å². The summed E-state index contributed by atoms with van der Waals surface area (Å²) in [6, 6.07) is 6.38. The Morgan fingerprint density at radius 2 is 2.00 bits per heavy atom. The lowest BCUT2D eigenvalue weighted by atomic mass is 10.1. The van der Waals surface area contributed by atoms with E-state index in [1.54, 1.807) is 24.3 Å². The molecule has 114 valence electrons. The first-order valence-corrected chi connectivity index (χ1v) is 8.69. The van der Waals surface area contributed by atoms with E-state index in [2.05, 4.69) is 23.5 Å². The Labute approximate surface area is 126 Å². The maximum absolute atomic E-state index is 12.2. The molecule has 0 aliphatic heterocycles. The van der Waals surface area contributed by atoms with Gasteiger partial charge in [-0.25, -0.2) is 13.1 Å². The van der Waals surface area contributed by atoms with Gasteiger partial charge in [0.05, 0.1) is 4.90 Å². The van der Waals surface area contributed by atoms with Crippen molar-refractivity contribution >= 4 is 10.0 Å². The molecular formula is C16H21NO3S. The first-order valence-electron chi connectivity index (χ1n) is 7.20. The van der Waals surface area contributed by atoms with Crippen LogP contribution in [0.15, 0.2) is 29.2 Å². The Hall–Kier alpha value is -1.35. The minimum Gasteiger partial charge on any atom is -0.384 e. The predicted molar refractivity (Wildman–Crippen MR) is 82.1 cm³/mol. The van der Waals surface area contributed by atoms with Crippen molar-refractivity contribution < 1.29 is 13.5 Å². The predicted octanol–water partition coefficient (Wildman–Crippen LogP) is 1.74. The lowest BCUT2D eigenvalue weighted by Gasteiger charge is -2.11. The molecule has 0 heterocycles. The van der Waals surface area contributed by atoms with E-state index in [-0.39, 0.29) is 11.5 Å². The second-order valence-electron chi connectivity index (χ2n) is 5.62. The van der Waals surface area contributed by atoms with Crippen LogP contribution in [0.5, 0.6) is 0 Å². The van der Waals surface area contributed by atoms with Crippen molar-refractivity contribution in [1.29, 1.82) is 0 Å². The van der Waals surface area contributed by atoms with E-state index < -0.39 is 10.0 Å². The summed E-state index contributed by atoms with van der Waals surface area (Å²) in [5.74, 6) is 6.42. The number of sulfonamides is 1. The monoisotopic (exact) mass is 307 g/mol. The SMILES string of the molecule is CC1CCC(CNS(=O)(=O)c2ccc(C#CCO)cc2)C1. The molecule has 1 saturated carbocycles. The standard InChI is InChI=1S/C16H21NO3S/c1-13-4-5-15(11-13)12-17-21(19,20)16-8-6-14(7-9-16)3-2-10-18/h6-9,13,15,17-18H,4-5,10-12H2,1H3. The van der Waals surface area contributed by atoms with Crippen molar-refractivity contribution in [3.05, 3.63) is 29.8 Å². The second-order valence-corrected chi connectivity index (χ2v) is 7.39. The zero-order chi connectivity index (χ0) is 15.3. The number of rotatable bonds is 4. The largest absolute Gasteiger partial charge is 0.384 e. The lowest BCUT2D eigenvalue weighted by molar-refractivity contribution is 0.350. The number of nitrogens with one attached hydrogen (secondary N) is 1. The highest BCUT2D eigenvalue weighted by molar-refractivity contribution is 7.89. The molecular weight excluding hydrogens is 286 g/mol. The van der Waals surface area contributed by atoms with Gasteiger partial charge < -0.3 is 5.11 Å². The smallest absolute Gasteiger partial charge is 0.240 e. The zero-order valence-electron chi connectivity index (χ0n) is 12.2. The Balaban J connectivity index is 1.98. The molecule has 2 rings (SSSR count). The highest BCUT2D eigenvalue weighted by Crippen LogP contribution is 2.29. The molecule has 2 atom stereocenters. The molecule has 0 bridgehead atoms. The number of hydrogen-bond acceptors (Lipinski definition) is 3. The Bertz CT molecular complexity index is 626. The van der Waals surface area contributed by atoms with Crippen LogP contribution in [0.2, 0.25) is 0 Å². The van der Waals surface area contributed by atoms with E-state index in [0.717, 1.165) is 12.8 Å². The molecule has 2 unspecified atom stereocenters. The van der Waals surface area contributed by atoms with Gasteiger partial charge in [-0.3, -0.25) is 0 Å². The number of hydrogen-bond donors (Lipinski definition) is 2. The van der Waals surface area contributed by atoms with E-state index in [1.165, 1.54) is 6.42 Å². The molecule has 0 saturated heterocycles. The number of aliphatic hydroxyl groups excluding tert-OH is 1. The van der Waals surface area contributed by atoms with Crippen molar-refractivity contribution in [2.24, 2.45) is 11.8 Å². The van der Waals surface area contributed by atoms with Crippen LogP contribution in [0.3, 0.4) is 0 Å². The fourth-order valence-electron chi connectivity index (χ4n) is 2.68. The van der Waals surface area contributed by atoms with Crippen molar-refractivity contribution in [2.45, 2.75) is 31.1 Å². The zero-order valence-corrected chi connectivity index (χ0v) is 13.0. The molecule has 1 fully saturated rings. The third-order valence-electron chi connectivity index (χ3n) is 3.84. The molecule has 0 spiro atoms. The molecule has 1 aliphatic carbocycles. The third kappa shape index (κ3) is 4.57. The van der Waals surface area contributed by atoms with Crippen LogP contribution in [0.4, 0.5) is 0 Å². The highest BCUT2D eigenvalue weighted by atomic mass is 32.2. The van der Waals surface area contributed by atoms with Gasteiger partial charge in [0.2, 0.25) is 10.0 Å². The van der Waals surface area contributed by atoms with E-state index in [9.17, 15) is 8.42 Å². The van der Waals surface area contributed by atoms with Gasteiger partial charge in [-0.2, -0.15) is 0 Å². The highest BCUT2D eigenvalue weighted by Gasteiger charge is 2.23. The van der Waals surface area contributed by atoms with E-state index in [4.69, 9.17) is 5.11 Å². The first-order chi connectivity index (χ1) is 10.0. The molecule has 5 heteroatoms. The quantitative estimate of drug-likeness (QED) is 0.833. The first kappa shape index (κ1) is 16.0. The molecule has 21 heavy (non-hydrogen) atoms. The minimum absolute atomic E-state index is 0.207. The van der Waals surface area contributed by atoms with Gasteiger partial charge in [0.15, 0.2) is 0 Å². The van der Waals surface area contributed by atoms with Crippen molar-refractivity contribution in [3.8, 4) is 11.8 Å². The third-order valence-corrected chi connectivity index (χ3v) is 5.28. The molecule has 1 aromatic rings. The van der Waals surface area contributed by atoms with Gasteiger partial charge in [-0.05, 0) is 48.9 Å². The maximum Gasteiger partial charge on any atom is 0.240 e. The molecule has 0 aromatic heterocycles. The van der Waals surface area contributed by atoms with Crippen LogP contribution >= 0.6 is 0 Å². The number of benzene rings is 1. The van der Waals surface area contributed by atoms with Gasteiger partial charge in [-0.15, -0.1) is 0 Å². The molecule has 0 radical (unpaired) electrons. The molecule has 2 N–H and O–H groups in total. The Kier molecular flexibility index (Phi) is 5.40. The summed E-state index contributed by atoms with van der Waals surface area (Å²) in [6.45, 7) is 2.51. The van der Waals surface area contributed by atoms with Crippen LogP contribution in [-0.2, 0) is 10.0 Å². The fourth-order valence-corrected chi connectivity index (χ4v) is 3.80. The topological polar surface area (TPSA) is 66.4 Å². The summed E-state index contributed by atoms with van der Waals surface area (Å²) < 4.78 is 27.1. The van der Waals surface area contributed by atoms with Crippen molar-refractivity contribution in [2.75, 3.05) is 13.2 Å². The Morgan fingerprint density at radius 1 is 1.29 bits per heavy atom. The van der Waals surface area contributed by atoms with Crippen LogP contribution in [-0.4, -0.2) is 26.7 Å². The van der Waals surface area contributed by atoms with Crippen LogP contribution < -0.4 is 4.72 Å². The fraction of sp³-hybridized carbons (Fsp3) is 0.500. The lowest BCUT2D eigenvalue weighted by Crippen LogP contribution is -2.28. The summed E-state index contributed by atoms with van der Waals surface area (Å²) in [7, 11) is -3.45. The average Bonchev–Trinajstić information content (AvgIpc) is 2.89. The van der Waals surface area contributed by atoms with Gasteiger partial charge in [-0.1, -0.05) is 25.2 Å². The summed E-state index contributed by atoms with van der Waals surface area (Å²) >= 11 is 0. The summed E-state index contributed by atoms with van der Waals surface area (Å²) in [5.41, 5.74) is 0.688. The van der Waals surface area contributed by atoms with Crippen LogP contribution in [0, 0.1) is 23.7 Å². The number of aliphatic hydroxyl groups is 1. The molecule has 4 nitrogen and oxygen atoms in total. The van der Waals surface area contributed by atoms with E-state index >= 15 is 0 Å². The van der Waals surface area contributed by atoms with Gasteiger partial charge in [0, 0.05) is 12.1 Å². The summed E-state index contributed by atoms with van der Waals surface area (Å²) in [6.07, 6.45) is 3.38.